The van der Waals surface area contributed by atoms with Crippen molar-refractivity contribution in [3.8, 4) is 0 Å². The van der Waals surface area contributed by atoms with E-state index in [0.717, 1.165) is 24.1 Å². The average Bonchev–Trinajstić information content (AvgIpc) is 2.27. The first kappa shape index (κ1) is 12.1. The van der Waals surface area contributed by atoms with Crippen LogP contribution >= 0.6 is 46.0 Å². The molecular formula is C12H9ClINS. The lowest BCUT2D eigenvalue weighted by Crippen LogP contribution is -1.82. The molecule has 82 valence electrons. The summed E-state index contributed by atoms with van der Waals surface area (Å²) in [6.45, 7) is 0. The van der Waals surface area contributed by atoms with E-state index < -0.39 is 0 Å². The molecule has 16 heavy (non-hydrogen) atoms. The molecule has 0 heterocycles. The third-order valence-electron chi connectivity index (χ3n) is 2.01. The molecule has 0 amide bonds. The predicted molar refractivity (Wildman–Crippen MR) is 79.1 cm³/mol. The standard InChI is InChI=1S/C12H9ClINS/c13-11-7-10(5-6-12(11)14)16-9-3-1-8(15)2-4-9/h1-7H,15H2. The highest BCUT2D eigenvalue weighted by molar-refractivity contribution is 14.1. The lowest BCUT2D eigenvalue weighted by molar-refractivity contribution is 1.40. The molecule has 0 unspecified atom stereocenters. The molecule has 2 rings (SSSR count). The summed E-state index contributed by atoms with van der Waals surface area (Å²) in [4.78, 5) is 2.29. The lowest BCUT2D eigenvalue weighted by Gasteiger charge is -2.03. The van der Waals surface area contributed by atoms with Gasteiger partial charge in [0.25, 0.3) is 0 Å². The first-order valence-corrected chi connectivity index (χ1v) is 6.91. The summed E-state index contributed by atoms with van der Waals surface area (Å²) in [5.74, 6) is 0. The molecule has 0 saturated carbocycles. The van der Waals surface area contributed by atoms with Crippen LogP contribution in [0.2, 0.25) is 5.02 Å². The number of nitrogen functional groups attached to an aromatic ring is 1. The molecule has 0 saturated heterocycles. The van der Waals surface area contributed by atoms with Crippen LogP contribution in [0, 0.1) is 3.57 Å². The van der Waals surface area contributed by atoms with Gasteiger partial charge in [-0.3, -0.25) is 0 Å². The van der Waals surface area contributed by atoms with E-state index in [1.54, 1.807) is 11.8 Å². The van der Waals surface area contributed by atoms with Crippen LogP contribution in [0.4, 0.5) is 5.69 Å². The largest absolute Gasteiger partial charge is 0.399 e. The molecule has 0 aliphatic rings. The fourth-order valence-corrected chi connectivity index (χ4v) is 2.65. The zero-order chi connectivity index (χ0) is 11.5. The van der Waals surface area contributed by atoms with Crippen molar-refractivity contribution in [2.24, 2.45) is 0 Å². The number of anilines is 1. The van der Waals surface area contributed by atoms with Gasteiger partial charge in [0, 0.05) is 19.0 Å². The highest BCUT2D eigenvalue weighted by Crippen LogP contribution is 2.31. The Kier molecular flexibility index (Phi) is 4.00. The van der Waals surface area contributed by atoms with Gasteiger partial charge in [-0.25, -0.2) is 0 Å². The number of benzene rings is 2. The summed E-state index contributed by atoms with van der Waals surface area (Å²) < 4.78 is 1.07. The minimum Gasteiger partial charge on any atom is -0.399 e. The average molecular weight is 362 g/mol. The molecule has 0 spiro atoms. The number of halogens is 2. The van der Waals surface area contributed by atoms with Crippen LogP contribution in [0.25, 0.3) is 0 Å². The fourth-order valence-electron chi connectivity index (χ4n) is 1.21. The molecule has 2 aromatic rings. The number of rotatable bonds is 2. The van der Waals surface area contributed by atoms with E-state index in [1.165, 1.54) is 0 Å². The second kappa shape index (κ2) is 5.29. The Morgan fingerprint density at radius 1 is 1.00 bits per heavy atom. The van der Waals surface area contributed by atoms with E-state index in [-0.39, 0.29) is 0 Å². The molecule has 2 N–H and O–H groups in total. The van der Waals surface area contributed by atoms with E-state index in [4.69, 9.17) is 17.3 Å². The first-order valence-electron chi connectivity index (χ1n) is 4.63. The van der Waals surface area contributed by atoms with Gasteiger partial charge < -0.3 is 5.73 Å². The van der Waals surface area contributed by atoms with Crippen LogP contribution in [0.3, 0.4) is 0 Å². The Balaban J connectivity index is 2.20. The Labute approximate surface area is 118 Å². The minimum atomic E-state index is 0.782. The summed E-state index contributed by atoms with van der Waals surface area (Å²) in [5, 5.41) is 0.793. The van der Waals surface area contributed by atoms with Crippen LogP contribution in [0.15, 0.2) is 52.3 Å². The van der Waals surface area contributed by atoms with Gasteiger partial charge in [0.15, 0.2) is 0 Å². The smallest absolute Gasteiger partial charge is 0.0550 e. The maximum atomic E-state index is 6.06. The summed E-state index contributed by atoms with van der Waals surface area (Å²) in [6, 6.07) is 13.9. The summed E-state index contributed by atoms with van der Waals surface area (Å²) in [6.07, 6.45) is 0. The molecule has 0 radical (unpaired) electrons. The van der Waals surface area contributed by atoms with E-state index in [9.17, 15) is 0 Å². The molecule has 4 heteroatoms. The van der Waals surface area contributed by atoms with Crippen molar-refractivity contribution in [1.82, 2.24) is 0 Å². The van der Waals surface area contributed by atoms with Crippen molar-refractivity contribution in [3.63, 3.8) is 0 Å². The maximum absolute atomic E-state index is 6.06. The Bertz CT molecular complexity index is 499. The topological polar surface area (TPSA) is 26.0 Å². The number of hydrogen-bond acceptors (Lipinski definition) is 2. The Morgan fingerprint density at radius 2 is 1.62 bits per heavy atom. The van der Waals surface area contributed by atoms with E-state index in [0.29, 0.717) is 0 Å². The third kappa shape index (κ3) is 3.06. The predicted octanol–water partition coefficient (Wildman–Crippen LogP) is 4.68. The highest BCUT2D eigenvalue weighted by atomic mass is 127. The van der Waals surface area contributed by atoms with Gasteiger partial charge in [-0.05, 0) is 65.1 Å². The first-order chi connectivity index (χ1) is 7.65. The Hall–Kier alpha value is -0.390. The van der Waals surface area contributed by atoms with Crippen molar-refractivity contribution < 1.29 is 0 Å². The molecule has 0 aromatic heterocycles. The SMILES string of the molecule is Nc1ccc(Sc2ccc(I)c(Cl)c2)cc1. The Morgan fingerprint density at radius 3 is 2.25 bits per heavy atom. The molecule has 0 atom stereocenters. The molecule has 0 bridgehead atoms. The van der Waals surface area contributed by atoms with Crippen LogP contribution in [0.5, 0.6) is 0 Å². The second-order valence-corrected chi connectivity index (χ2v) is 5.96. The highest BCUT2D eigenvalue weighted by Gasteiger charge is 2.01. The number of nitrogens with two attached hydrogens (primary N) is 1. The zero-order valence-electron chi connectivity index (χ0n) is 8.28. The summed E-state index contributed by atoms with van der Waals surface area (Å²) in [7, 11) is 0. The minimum absolute atomic E-state index is 0.782. The molecule has 1 nitrogen and oxygen atoms in total. The zero-order valence-corrected chi connectivity index (χ0v) is 12.0. The van der Waals surface area contributed by atoms with Gasteiger partial charge in [0.1, 0.15) is 0 Å². The molecule has 2 aromatic carbocycles. The fraction of sp³-hybridized carbons (Fsp3) is 0. The van der Waals surface area contributed by atoms with Gasteiger partial charge in [0.05, 0.1) is 5.02 Å². The molecule has 0 fully saturated rings. The van der Waals surface area contributed by atoms with Crippen LogP contribution in [-0.4, -0.2) is 0 Å². The monoisotopic (exact) mass is 361 g/mol. The van der Waals surface area contributed by atoms with E-state index in [1.807, 2.05) is 36.4 Å². The van der Waals surface area contributed by atoms with E-state index in [2.05, 4.69) is 28.7 Å². The van der Waals surface area contributed by atoms with Crippen LogP contribution in [-0.2, 0) is 0 Å². The molecule has 0 aliphatic carbocycles. The molecular weight excluding hydrogens is 353 g/mol. The normalized spacial score (nSPS) is 10.4. The lowest BCUT2D eigenvalue weighted by atomic mass is 10.3. The third-order valence-corrected chi connectivity index (χ3v) is 4.58. The number of hydrogen-bond donors (Lipinski definition) is 1. The van der Waals surface area contributed by atoms with Crippen molar-refractivity contribution in [2.45, 2.75) is 9.79 Å². The van der Waals surface area contributed by atoms with Crippen molar-refractivity contribution in [1.29, 1.82) is 0 Å². The van der Waals surface area contributed by atoms with Gasteiger partial charge in [-0.1, -0.05) is 23.4 Å². The van der Waals surface area contributed by atoms with Gasteiger partial charge in [-0.15, -0.1) is 0 Å². The van der Waals surface area contributed by atoms with Crippen LogP contribution < -0.4 is 5.73 Å². The van der Waals surface area contributed by atoms with Crippen molar-refractivity contribution in [3.05, 3.63) is 51.1 Å². The van der Waals surface area contributed by atoms with E-state index >= 15 is 0 Å². The van der Waals surface area contributed by atoms with Crippen molar-refractivity contribution in [2.75, 3.05) is 5.73 Å². The van der Waals surface area contributed by atoms with Crippen LogP contribution in [0.1, 0.15) is 0 Å². The maximum Gasteiger partial charge on any atom is 0.0550 e. The molecule has 0 aliphatic heterocycles. The van der Waals surface area contributed by atoms with Gasteiger partial charge >= 0.3 is 0 Å². The summed E-state index contributed by atoms with van der Waals surface area (Å²) in [5.41, 5.74) is 6.42. The van der Waals surface area contributed by atoms with Crippen molar-refractivity contribution >= 4 is 51.6 Å². The quantitative estimate of drug-likeness (QED) is 0.621. The van der Waals surface area contributed by atoms with Gasteiger partial charge in [0.2, 0.25) is 0 Å². The van der Waals surface area contributed by atoms with Gasteiger partial charge in [-0.2, -0.15) is 0 Å². The summed E-state index contributed by atoms with van der Waals surface area (Å²) >= 11 is 9.96. The second-order valence-electron chi connectivity index (χ2n) is 3.25.